The van der Waals surface area contributed by atoms with E-state index in [1.54, 1.807) is 91.0 Å². The standard InChI is InChI=1S/C43H21BrN2O5/c44-29-18-27-35-33-23(29)12-6-14-25(33)40(48)28-19-32(24-13-7-15-26(39(27)47)34(24)36(28)35)45-30-16-17-31(46-43(51)20-8-2-1-3-9-20)38-37(30)41(49)21-10-4-5-11-22(21)42(38)50/h1-19,45H,(H,46,51). The van der Waals surface area contributed by atoms with Crippen LogP contribution >= 0.6 is 15.9 Å². The molecule has 51 heavy (non-hydrogen) atoms. The fourth-order valence-corrected chi connectivity index (χ4v) is 8.48. The van der Waals surface area contributed by atoms with Crippen LogP contribution in [0, 0.1) is 0 Å². The third kappa shape index (κ3) is 3.96. The molecule has 7 aromatic carbocycles. The van der Waals surface area contributed by atoms with Crippen molar-refractivity contribution in [2.75, 3.05) is 10.6 Å². The van der Waals surface area contributed by atoms with Crippen LogP contribution < -0.4 is 21.5 Å². The summed E-state index contributed by atoms with van der Waals surface area (Å²) in [6, 6.07) is 33.1. The van der Waals surface area contributed by atoms with Gasteiger partial charge in [-0.15, -0.1) is 0 Å². The average Bonchev–Trinajstić information content (AvgIpc) is 3.16. The van der Waals surface area contributed by atoms with Crippen LogP contribution in [-0.4, -0.2) is 17.5 Å². The fraction of sp³-hybridized carbons (Fsp3) is 0. The lowest BCUT2D eigenvalue weighted by atomic mass is 9.80. The van der Waals surface area contributed by atoms with Gasteiger partial charge in [-0.2, -0.15) is 0 Å². The van der Waals surface area contributed by atoms with Gasteiger partial charge in [-0.1, -0.05) is 94.8 Å². The van der Waals surface area contributed by atoms with E-state index in [0.717, 1.165) is 20.8 Å². The number of hydrogen-bond donors (Lipinski definition) is 2. The topological polar surface area (TPSA) is 109 Å². The predicted octanol–water partition coefficient (Wildman–Crippen LogP) is 8.97. The van der Waals surface area contributed by atoms with Gasteiger partial charge in [0.25, 0.3) is 5.91 Å². The van der Waals surface area contributed by atoms with Crippen LogP contribution in [0.2, 0.25) is 0 Å². The van der Waals surface area contributed by atoms with Crippen molar-refractivity contribution >= 4 is 93.6 Å². The molecule has 0 unspecified atom stereocenters. The number of anilines is 3. The Hall–Kier alpha value is -6.51. The Morgan fingerprint density at radius 1 is 0.471 bits per heavy atom. The third-order valence-electron chi connectivity index (χ3n) is 10.1. The van der Waals surface area contributed by atoms with Crippen molar-refractivity contribution in [3.8, 4) is 11.1 Å². The molecule has 0 aromatic heterocycles. The summed E-state index contributed by atoms with van der Waals surface area (Å²) in [5.74, 6) is -1.21. The van der Waals surface area contributed by atoms with E-state index < -0.39 is 11.7 Å². The van der Waals surface area contributed by atoms with E-state index in [0.29, 0.717) is 54.8 Å². The van der Waals surface area contributed by atoms with E-state index in [4.69, 9.17) is 0 Å². The molecule has 0 spiro atoms. The number of benzene rings is 9. The van der Waals surface area contributed by atoms with Crippen molar-refractivity contribution in [1.82, 2.24) is 0 Å². The number of halogens is 1. The highest BCUT2D eigenvalue weighted by molar-refractivity contribution is 9.10. The normalized spacial score (nSPS) is 12.7. The highest BCUT2D eigenvalue weighted by Gasteiger charge is 2.35. The Morgan fingerprint density at radius 3 is 1.67 bits per heavy atom. The number of fused-ring (bicyclic) bond motifs is 2. The van der Waals surface area contributed by atoms with Crippen molar-refractivity contribution in [2.24, 2.45) is 0 Å². The SMILES string of the molecule is O=C(Nc1ccc(Nc2cc3c4c5c2cccc5c(=O)c2cc(Br)c5cccc(c3=O)c5c2-4)c2c1C(=O)c1ccccc1C2=O)c1ccccc1. The first kappa shape index (κ1) is 29.4. The second-order valence-electron chi connectivity index (χ2n) is 12.8. The maximum absolute atomic E-state index is 14.3. The van der Waals surface area contributed by atoms with Gasteiger partial charge >= 0.3 is 0 Å². The minimum atomic E-state index is -0.426. The summed E-state index contributed by atoms with van der Waals surface area (Å²) < 4.78 is 0.741. The van der Waals surface area contributed by atoms with Crippen LogP contribution in [-0.2, 0) is 0 Å². The number of ketones is 2. The molecule has 0 aliphatic heterocycles. The van der Waals surface area contributed by atoms with E-state index in [2.05, 4.69) is 26.6 Å². The molecule has 10 rings (SSSR count). The van der Waals surface area contributed by atoms with Crippen molar-refractivity contribution in [3.63, 3.8) is 0 Å². The molecule has 0 bridgehead atoms. The van der Waals surface area contributed by atoms with E-state index in [1.807, 2.05) is 24.3 Å². The van der Waals surface area contributed by atoms with Crippen LogP contribution in [0.25, 0.3) is 54.2 Å². The maximum Gasteiger partial charge on any atom is 0.255 e. The van der Waals surface area contributed by atoms with Crippen LogP contribution in [0.5, 0.6) is 0 Å². The molecule has 0 radical (unpaired) electrons. The van der Waals surface area contributed by atoms with Gasteiger partial charge in [-0.05, 0) is 41.8 Å². The molecule has 0 saturated carbocycles. The number of nitrogens with one attached hydrogen (secondary N) is 2. The number of carbonyl (C=O) groups is 3. The fourth-order valence-electron chi connectivity index (χ4n) is 7.92. The molecule has 3 aliphatic rings. The lowest BCUT2D eigenvalue weighted by molar-refractivity contribution is 0.0979. The van der Waals surface area contributed by atoms with E-state index in [-0.39, 0.29) is 44.6 Å². The van der Waals surface area contributed by atoms with Gasteiger partial charge in [0.05, 0.1) is 22.5 Å². The molecule has 0 atom stereocenters. The van der Waals surface area contributed by atoms with E-state index in [1.165, 1.54) is 0 Å². The molecular formula is C43H21BrN2O5. The summed E-state index contributed by atoms with van der Waals surface area (Å²) in [5.41, 5.74) is 3.20. The van der Waals surface area contributed by atoms with Crippen LogP contribution in [0.4, 0.5) is 17.1 Å². The number of hydrogen-bond acceptors (Lipinski definition) is 6. The summed E-state index contributed by atoms with van der Waals surface area (Å²) >= 11 is 3.63. The maximum atomic E-state index is 14.3. The van der Waals surface area contributed by atoms with Crippen LogP contribution in [0.1, 0.15) is 42.2 Å². The zero-order chi connectivity index (χ0) is 34.7. The first-order valence-corrected chi connectivity index (χ1v) is 17.0. The Balaban J connectivity index is 1.23. The van der Waals surface area contributed by atoms with Crippen LogP contribution in [0.3, 0.4) is 0 Å². The zero-order valence-electron chi connectivity index (χ0n) is 26.4. The summed E-state index contributed by atoms with van der Waals surface area (Å²) in [6.07, 6.45) is 0. The zero-order valence-corrected chi connectivity index (χ0v) is 28.0. The highest BCUT2D eigenvalue weighted by Crippen LogP contribution is 2.49. The average molecular weight is 726 g/mol. The number of amides is 1. The summed E-state index contributed by atoms with van der Waals surface area (Å²) in [5, 5.41) is 11.1. The van der Waals surface area contributed by atoms with Gasteiger partial charge in [0, 0.05) is 75.7 Å². The van der Waals surface area contributed by atoms with Crippen molar-refractivity contribution in [2.45, 2.75) is 0 Å². The molecule has 0 saturated heterocycles. The van der Waals surface area contributed by atoms with Gasteiger partial charge in [0.1, 0.15) is 0 Å². The molecule has 0 fully saturated rings. The third-order valence-corrected chi connectivity index (χ3v) is 10.8. The van der Waals surface area contributed by atoms with Gasteiger partial charge < -0.3 is 10.6 Å². The smallest absolute Gasteiger partial charge is 0.255 e. The number of carbonyl (C=O) groups excluding carboxylic acids is 3. The van der Waals surface area contributed by atoms with Gasteiger partial charge in [-0.3, -0.25) is 24.0 Å². The van der Waals surface area contributed by atoms with E-state index >= 15 is 0 Å². The summed E-state index contributed by atoms with van der Waals surface area (Å²) in [6.45, 7) is 0. The lowest BCUT2D eigenvalue weighted by Gasteiger charge is -2.25. The molecule has 3 aliphatic carbocycles. The second-order valence-corrected chi connectivity index (χ2v) is 13.7. The minimum Gasteiger partial charge on any atom is -0.354 e. The Morgan fingerprint density at radius 2 is 1.00 bits per heavy atom. The molecular weight excluding hydrogens is 704 g/mol. The monoisotopic (exact) mass is 724 g/mol. The number of rotatable bonds is 4. The first-order chi connectivity index (χ1) is 24.8. The van der Waals surface area contributed by atoms with Gasteiger partial charge in [-0.25, -0.2) is 0 Å². The molecule has 2 N–H and O–H groups in total. The first-order valence-electron chi connectivity index (χ1n) is 16.3. The molecule has 8 heteroatoms. The largest absolute Gasteiger partial charge is 0.354 e. The van der Waals surface area contributed by atoms with Crippen molar-refractivity contribution < 1.29 is 14.4 Å². The van der Waals surface area contributed by atoms with Crippen molar-refractivity contribution in [3.05, 3.63) is 168 Å². The molecule has 0 heterocycles. The molecule has 7 aromatic rings. The van der Waals surface area contributed by atoms with Crippen molar-refractivity contribution in [1.29, 1.82) is 0 Å². The Bertz CT molecular complexity index is 3080. The molecule has 7 nitrogen and oxygen atoms in total. The van der Waals surface area contributed by atoms with Gasteiger partial charge in [0.2, 0.25) is 0 Å². The Labute approximate surface area is 296 Å². The summed E-state index contributed by atoms with van der Waals surface area (Å²) in [4.78, 5) is 70.2. The molecule has 240 valence electrons. The van der Waals surface area contributed by atoms with Gasteiger partial charge in [0.15, 0.2) is 22.4 Å². The second kappa shape index (κ2) is 10.5. The van der Waals surface area contributed by atoms with E-state index in [9.17, 15) is 24.0 Å². The summed E-state index contributed by atoms with van der Waals surface area (Å²) in [7, 11) is 0. The minimum absolute atomic E-state index is 0.0686. The highest BCUT2D eigenvalue weighted by atomic mass is 79.9. The molecule has 1 amide bonds. The predicted molar refractivity (Wildman–Crippen MR) is 204 cm³/mol. The lowest BCUT2D eigenvalue weighted by Crippen LogP contribution is -2.25. The quantitative estimate of drug-likeness (QED) is 0.139. The Kier molecular flexibility index (Phi) is 6.05. The van der Waals surface area contributed by atoms with Crippen LogP contribution in [0.15, 0.2) is 129 Å².